The van der Waals surface area contributed by atoms with Crippen molar-refractivity contribution in [1.29, 1.82) is 5.26 Å². The number of piperazine rings is 1. The van der Waals surface area contributed by atoms with Gasteiger partial charge in [-0.15, -0.1) is 0 Å². The fourth-order valence-electron chi connectivity index (χ4n) is 1.95. The highest BCUT2D eigenvalue weighted by atomic mass is 15.2. The molecule has 3 saturated heterocycles. The van der Waals surface area contributed by atoms with Gasteiger partial charge in [-0.05, 0) is 6.42 Å². The summed E-state index contributed by atoms with van der Waals surface area (Å²) in [7, 11) is 0. The van der Waals surface area contributed by atoms with E-state index in [2.05, 4.69) is 16.7 Å². The summed E-state index contributed by atoms with van der Waals surface area (Å²) in [6, 6.07) is 2.85. The maximum Gasteiger partial charge on any atom is 0.0641 e. The minimum Gasteiger partial charge on any atom is -0.313 e. The van der Waals surface area contributed by atoms with Crippen LogP contribution in [0, 0.1) is 11.3 Å². The lowest BCUT2D eigenvalue weighted by atomic mass is 9.76. The summed E-state index contributed by atoms with van der Waals surface area (Å²) in [6.45, 7) is 2.05. The standard InChI is InChI=1S/C7H11N3/c8-2-1-7-3-6(10-7)4-9-5-7/h6,9-10H,1,3-5H2. The number of hydrogen-bond acceptors (Lipinski definition) is 3. The number of nitrogens with zero attached hydrogens (tertiary/aromatic N) is 1. The van der Waals surface area contributed by atoms with E-state index in [1.165, 1.54) is 6.42 Å². The molecule has 3 aliphatic heterocycles. The third kappa shape index (κ3) is 0.731. The van der Waals surface area contributed by atoms with Gasteiger partial charge in [-0.1, -0.05) is 0 Å². The summed E-state index contributed by atoms with van der Waals surface area (Å²) in [6.07, 6.45) is 1.84. The number of rotatable bonds is 1. The summed E-state index contributed by atoms with van der Waals surface area (Å²) < 4.78 is 0. The lowest BCUT2D eigenvalue weighted by molar-refractivity contribution is 0.0930. The van der Waals surface area contributed by atoms with Crippen LogP contribution in [0.3, 0.4) is 0 Å². The van der Waals surface area contributed by atoms with Gasteiger partial charge in [0.1, 0.15) is 0 Å². The molecule has 0 amide bonds. The minimum absolute atomic E-state index is 0.150. The fraction of sp³-hybridized carbons (Fsp3) is 0.857. The van der Waals surface area contributed by atoms with Crippen molar-refractivity contribution >= 4 is 0 Å². The van der Waals surface area contributed by atoms with Crippen LogP contribution >= 0.6 is 0 Å². The Morgan fingerprint density at radius 3 is 3.00 bits per heavy atom. The van der Waals surface area contributed by atoms with Gasteiger partial charge in [0.2, 0.25) is 0 Å². The van der Waals surface area contributed by atoms with Crippen LogP contribution in [0.4, 0.5) is 0 Å². The zero-order chi connectivity index (χ0) is 7.03. The highest BCUT2D eigenvalue weighted by Gasteiger charge is 2.46. The molecule has 0 aromatic rings. The molecule has 3 heterocycles. The Balaban J connectivity index is 2.00. The SMILES string of the molecule is N#CCC12CNCC(C1)N2. The minimum atomic E-state index is 0.150. The highest BCUT2D eigenvalue weighted by Crippen LogP contribution is 2.29. The number of nitrogens with one attached hydrogen (secondary N) is 2. The summed E-state index contributed by atoms with van der Waals surface area (Å²) in [4.78, 5) is 0. The number of nitriles is 1. The molecule has 0 spiro atoms. The predicted octanol–water partition coefficient (Wildman–Crippen LogP) is -0.396. The molecular weight excluding hydrogens is 126 g/mol. The average molecular weight is 137 g/mol. The number of piperidine rings is 1. The second-order valence-corrected chi connectivity index (χ2v) is 3.29. The van der Waals surface area contributed by atoms with Crippen molar-refractivity contribution in [3.05, 3.63) is 0 Å². The molecular formula is C7H11N3. The van der Waals surface area contributed by atoms with Crippen molar-refractivity contribution < 1.29 is 0 Å². The van der Waals surface area contributed by atoms with E-state index in [1.807, 2.05) is 0 Å². The smallest absolute Gasteiger partial charge is 0.0641 e. The molecule has 2 unspecified atom stereocenters. The molecule has 3 fully saturated rings. The van der Waals surface area contributed by atoms with E-state index >= 15 is 0 Å². The third-order valence-corrected chi connectivity index (χ3v) is 2.42. The van der Waals surface area contributed by atoms with Crippen LogP contribution < -0.4 is 10.6 Å². The highest BCUT2D eigenvalue weighted by molar-refractivity contribution is 5.12. The van der Waals surface area contributed by atoms with Crippen LogP contribution in [0.1, 0.15) is 12.8 Å². The number of fused-ring (bicyclic) bond motifs is 2. The third-order valence-electron chi connectivity index (χ3n) is 2.42. The van der Waals surface area contributed by atoms with Gasteiger partial charge in [0, 0.05) is 24.7 Å². The molecule has 3 heteroatoms. The monoisotopic (exact) mass is 137 g/mol. The Bertz CT molecular complexity index is 170. The average Bonchev–Trinajstić information content (AvgIpc) is 1.87. The Labute approximate surface area is 60.4 Å². The van der Waals surface area contributed by atoms with Crippen molar-refractivity contribution in [2.24, 2.45) is 0 Å². The van der Waals surface area contributed by atoms with E-state index < -0.39 is 0 Å². The summed E-state index contributed by atoms with van der Waals surface area (Å²) >= 11 is 0. The van der Waals surface area contributed by atoms with E-state index in [-0.39, 0.29) is 5.54 Å². The molecule has 0 aromatic carbocycles. The van der Waals surface area contributed by atoms with Gasteiger partial charge in [-0.2, -0.15) is 5.26 Å². The number of hydrogen-bond donors (Lipinski definition) is 2. The van der Waals surface area contributed by atoms with E-state index in [9.17, 15) is 0 Å². The molecule has 3 aliphatic rings. The quantitative estimate of drug-likeness (QED) is 0.517. The molecule has 10 heavy (non-hydrogen) atoms. The summed E-state index contributed by atoms with van der Waals surface area (Å²) in [5.74, 6) is 0. The zero-order valence-electron chi connectivity index (χ0n) is 5.85. The van der Waals surface area contributed by atoms with Crippen molar-refractivity contribution in [1.82, 2.24) is 10.6 Å². The van der Waals surface area contributed by atoms with E-state index in [4.69, 9.17) is 5.26 Å². The summed E-state index contributed by atoms with van der Waals surface area (Å²) in [5, 5.41) is 15.2. The van der Waals surface area contributed by atoms with Gasteiger partial charge in [0.05, 0.1) is 12.5 Å². The Hall–Kier alpha value is -0.590. The Morgan fingerprint density at radius 2 is 2.50 bits per heavy atom. The van der Waals surface area contributed by atoms with Crippen molar-refractivity contribution in [2.75, 3.05) is 13.1 Å². The van der Waals surface area contributed by atoms with E-state index in [0.29, 0.717) is 12.5 Å². The molecule has 2 bridgehead atoms. The first kappa shape index (κ1) is 6.14. The molecule has 54 valence electrons. The molecule has 0 saturated carbocycles. The maximum atomic E-state index is 8.49. The van der Waals surface area contributed by atoms with Crippen molar-refractivity contribution in [3.8, 4) is 6.07 Å². The first-order valence-corrected chi connectivity index (χ1v) is 3.70. The first-order valence-electron chi connectivity index (χ1n) is 3.70. The van der Waals surface area contributed by atoms with Gasteiger partial charge >= 0.3 is 0 Å². The van der Waals surface area contributed by atoms with E-state index in [1.54, 1.807) is 0 Å². The lowest BCUT2D eigenvalue weighted by Gasteiger charge is -2.53. The van der Waals surface area contributed by atoms with Gasteiger partial charge in [-0.25, -0.2) is 0 Å². The Kier molecular flexibility index (Phi) is 1.19. The predicted molar refractivity (Wildman–Crippen MR) is 37.4 cm³/mol. The molecule has 0 aliphatic carbocycles. The van der Waals surface area contributed by atoms with Gasteiger partial charge in [0.15, 0.2) is 0 Å². The molecule has 2 N–H and O–H groups in total. The van der Waals surface area contributed by atoms with Gasteiger partial charge in [0.25, 0.3) is 0 Å². The van der Waals surface area contributed by atoms with Gasteiger partial charge < -0.3 is 10.6 Å². The van der Waals surface area contributed by atoms with Crippen molar-refractivity contribution in [3.63, 3.8) is 0 Å². The van der Waals surface area contributed by atoms with Crippen LogP contribution in [-0.2, 0) is 0 Å². The topological polar surface area (TPSA) is 47.9 Å². The van der Waals surface area contributed by atoms with Crippen LogP contribution in [0.15, 0.2) is 0 Å². The second-order valence-electron chi connectivity index (χ2n) is 3.29. The molecule has 3 rings (SSSR count). The fourth-order valence-corrected chi connectivity index (χ4v) is 1.95. The van der Waals surface area contributed by atoms with Crippen molar-refractivity contribution in [2.45, 2.75) is 24.4 Å². The normalized spacial score (nSPS) is 43.7. The zero-order valence-corrected chi connectivity index (χ0v) is 5.85. The maximum absolute atomic E-state index is 8.49. The molecule has 3 nitrogen and oxygen atoms in total. The van der Waals surface area contributed by atoms with Gasteiger partial charge in [-0.3, -0.25) is 0 Å². The second kappa shape index (κ2) is 1.94. The van der Waals surface area contributed by atoms with E-state index in [0.717, 1.165) is 13.1 Å². The van der Waals surface area contributed by atoms with Crippen LogP contribution in [0.2, 0.25) is 0 Å². The lowest BCUT2D eigenvalue weighted by Crippen LogP contribution is -2.74. The molecule has 2 atom stereocenters. The first-order chi connectivity index (χ1) is 4.85. The van der Waals surface area contributed by atoms with Crippen LogP contribution in [0.25, 0.3) is 0 Å². The largest absolute Gasteiger partial charge is 0.313 e. The summed E-state index contributed by atoms with van der Waals surface area (Å²) in [5.41, 5.74) is 0.150. The molecule has 0 radical (unpaired) electrons. The Morgan fingerprint density at radius 1 is 1.70 bits per heavy atom. The van der Waals surface area contributed by atoms with Crippen LogP contribution in [0.5, 0.6) is 0 Å². The van der Waals surface area contributed by atoms with Crippen LogP contribution in [-0.4, -0.2) is 24.7 Å². The molecule has 0 aromatic heterocycles.